The van der Waals surface area contributed by atoms with E-state index in [2.05, 4.69) is 36.8 Å². The molecule has 0 radical (unpaired) electrons. The summed E-state index contributed by atoms with van der Waals surface area (Å²) >= 11 is 6.67. The van der Waals surface area contributed by atoms with Crippen molar-refractivity contribution in [1.82, 2.24) is 4.98 Å². The molecule has 0 aliphatic carbocycles. The topological polar surface area (TPSA) is 31.4 Å². The maximum absolute atomic E-state index is 5.39. The molecule has 0 N–H and O–H groups in total. The predicted molar refractivity (Wildman–Crippen MR) is 61.6 cm³/mol. The summed E-state index contributed by atoms with van der Waals surface area (Å²) in [7, 11) is 0. The van der Waals surface area contributed by atoms with Crippen LogP contribution in [-0.4, -0.2) is 24.8 Å². The minimum absolute atomic E-state index is 0.515. The lowest BCUT2D eigenvalue weighted by Gasteiger charge is -2.06. The zero-order valence-electron chi connectivity index (χ0n) is 7.80. The average molecular weight is 325 g/mol. The third kappa shape index (κ3) is 3.94. The van der Waals surface area contributed by atoms with Crippen LogP contribution in [0.15, 0.2) is 21.2 Å². The van der Waals surface area contributed by atoms with E-state index < -0.39 is 0 Å². The van der Waals surface area contributed by atoms with Gasteiger partial charge in [0.2, 0.25) is 5.88 Å². The SMILES string of the molecule is CCOCCOc1ncc(Br)cc1Br. The van der Waals surface area contributed by atoms with Crippen molar-refractivity contribution >= 4 is 31.9 Å². The molecule has 0 aliphatic heterocycles. The summed E-state index contributed by atoms with van der Waals surface area (Å²) in [5.41, 5.74) is 0. The van der Waals surface area contributed by atoms with E-state index in [9.17, 15) is 0 Å². The monoisotopic (exact) mass is 323 g/mol. The van der Waals surface area contributed by atoms with Crippen LogP contribution in [0.5, 0.6) is 5.88 Å². The summed E-state index contributed by atoms with van der Waals surface area (Å²) < 4.78 is 12.3. The van der Waals surface area contributed by atoms with Crippen LogP contribution in [-0.2, 0) is 4.74 Å². The van der Waals surface area contributed by atoms with E-state index in [0.29, 0.717) is 25.7 Å². The predicted octanol–water partition coefficient (Wildman–Crippen LogP) is 3.02. The van der Waals surface area contributed by atoms with E-state index in [4.69, 9.17) is 9.47 Å². The van der Waals surface area contributed by atoms with Gasteiger partial charge in [0.1, 0.15) is 6.61 Å². The second-order valence-corrected chi connectivity index (χ2v) is 4.26. The number of aromatic nitrogens is 1. The van der Waals surface area contributed by atoms with Crippen molar-refractivity contribution in [3.05, 3.63) is 21.2 Å². The zero-order chi connectivity index (χ0) is 10.4. The van der Waals surface area contributed by atoms with Crippen LogP contribution in [0.25, 0.3) is 0 Å². The highest BCUT2D eigenvalue weighted by Gasteiger charge is 2.02. The van der Waals surface area contributed by atoms with Crippen molar-refractivity contribution in [1.29, 1.82) is 0 Å². The lowest BCUT2D eigenvalue weighted by atomic mass is 10.5. The Hall–Kier alpha value is -0.130. The molecular weight excluding hydrogens is 314 g/mol. The number of rotatable bonds is 5. The summed E-state index contributed by atoms with van der Waals surface area (Å²) in [6, 6.07) is 1.89. The molecule has 0 aromatic carbocycles. The summed E-state index contributed by atoms with van der Waals surface area (Å²) in [6.45, 7) is 3.76. The van der Waals surface area contributed by atoms with Gasteiger partial charge in [0.15, 0.2) is 0 Å². The number of halogens is 2. The molecule has 0 bridgehead atoms. The second-order valence-electron chi connectivity index (χ2n) is 2.49. The zero-order valence-corrected chi connectivity index (χ0v) is 11.0. The van der Waals surface area contributed by atoms with Crippen LogP contribution in [0.2, 0.25) is 0 Å². The summed E-state index contributed by atoms with van der Waals surface area (Å²) in [4.78, 5) is 4.10. The molecule has 0 spiro atoms. The Labute approximate surface area is 100 Å². The van der Waals surface area contributed by atoms with Crippen LogP contribution in [0.4, 0.5) is 0 Å². The Morgan fingerprint density at radius 1 is 1.36 bits per heavy atom. The van der Waals surface area contributed by atoms with Crippen LogP contribution in [0, 0.1) is 0 Å². The second kappa shape index (κ2) is 6.37. The van der Waals surface area contributed by atoms with Gasteiger partial charge in [0.05, 0.1) is 11.1 Å². The number of nitrogens with zero attached hydrogens (tertiary/aromatic N) is 1. The number of ether oxygens (including phenoxy) is 2. The van der Waals surface area contributed by atoms with Crippen LogP contribution < -0.4 is 4.74 Å². The molecule has 0 saturated carbocycles. The minimum atomic E-state index is 0.515. The third-order valence-corrected chi connectivity index (χ3v) is 2.45. The van der Waals surface area contributed by atoms with Gasteiger partial charge in [0, 0.05) is 17.3 Å². The maximum atomic E-state index is 5.39. The molecule has 14 heavy (non-hydrogen) atoms. The van der Waals surface area contributed by atoms with Crippen LogP contribution >= 0.6 is 31.9 Å². The highest BCUT2D eigenvalue weighted by molar-refractivity contribution is 9.11. The molecule has 5 heteroatoms. The van der Waals surface area contributed by atoms with Gasteiger partial charge in [-0.25, -0.2) is 4.98 Å². The molecule has 0 fully saturated rings. The molecule has 0 saturated heterocycles. The normalized spacial score (nSPS) is 10.2. The molecule has 1 heterocycles. The molecule has 0 atom stereocenters. The molecule has 1 aromatic rings. The number of hydrogen-bond acceptors (Lipinski definition) is 3. The molecule has 1 aromatic heterocycles. The van der Waals surface area contributed by atoms with E-state index in [1.165, 1.54) is 0 Å². The molecule has 78 valence electrons. The van der Waals surface area contributed by atoms with Crippen molar-refractivity contribution in [2.24, 2.45) is 0 Å². The largest absolute Gasteiger partial charge is 0.474 e. The van der Waals surface area contributed by atoms with E-state index in [0.717, 1.165) is 8.95 Å². The van der Waals surface area contributed by atoms with Crippen LogP contribution in [0.1, 0.15) is 6.92 Å². The first-order valence-electron chi connectivity index (χ1n) is 4.25. The van der Waals surface area contributed by atoms with Gasteiger partial charge >= 0.3 is 0 Å². The highest BCUT2D eigenvalue weighted by Crippen LogP contribution is 2.25. The van der Waals surface area contributed by atoms with Crippen molar-refractivity contribution in [2.45, 2.75) is 6.92 Å². The molecule has 0 unspecified atom stereocenters. The van der Waals surface area contributed by atoms with Gasteiger partial charge in [-0.3, -0.25) is 0 Å². The van der Waals surface area contributed by atoms with Crippen molar-refractivity contribution in [3.63, 3.8) is 0 Å². The van der Waals surface area contributed by atoms with Gasteiger partial charge in [-0.15, -0.1) is 0 Å². The fourth-order valence-corrected chi connectivity index (χ4v) is 1.95. The maximum Gasteiger partial charge on any atom is 0.228 e. The first-order chi connectivity index (χ1) is 6.74. The van der Waals surface area contributed by atoms with E-state index >= 15 is 0 Å². The molecule has 0 aliphatic rings. The Bertz CT molecular complexity index is 294. The molecule has 0 amide bonds. The standard InChI is InChI=1S/C9H11Br2NO2/c1-2-13-3-4-14-9-8(11)5-7(10)6-12-9/h5-6H,2-4H2,1H3. The summed E-state index contributed by atoms with van der Waals surface area (Å²) in [6.07, 6.45) is 1.70. The Morgan fingerprint density at radius 2 is 2.14 bits per heavy atom. The molecular formula is C9H11Br2NO2. The summed E-state index contributed by atoms with van der Waals surface area (Å²) in [5, 5.41) is 0. The minimum Gasteiger partial charge on any atom is -0.474 e. The van der Waals surface area contributed by atoms with Crippen LogP contribution in [0.3, 0.4) is 0 Å². The Morgan fingerprint density at radius 3 is 2.79 bits per heavy atom. The fourth-order valence-electron chi connectivity index (χ4n) is 0.850. The number of hydrogen-bond donors (Lipinski definition) is 0. The lowest BCUT2D eigenvalue weighted by molar-refractivity contribution is 0.108. The molecule has 3 nitrogen and oxygen atoms in total. The molecule has 1 rings (SSSR count). The number of pyridine rings is 1. The van der Waals surface area contributed by atoms with Gasteiger partial charge in [0.25, 0.3) is 0 Å². The fraction of sp³-hybridized carbons (Fsp3) is 0.444. The third-order valence-electron chi connectivity index (χ3n) is 1.44. The van der Waals surface area contributed by atoms with E-state index in [1.54, 1.807) is 6.20 Å². The highest BCUT2D eigenvalue weighted by atomic mass is 79.9. The van der Waals surface area contributed by atoms with Crippen molar-refractivity contribution in [2.75, 3.05) is 19.8 Å². The first-order valence-corrected chi connectivity index (χ1v) is 5.84. The van der Waals surface area contributed by atoms with Gasteiger partial charge in [-0.2, -0.15) is 0 Å². The smallest absolute Gasteiger partial charge is 0.228 e. The van der Waals surface area contributed by atoms with Crippen molar-refractivity contribution in [3.8, 4) is 5.88 Å². The van der Waals surface area contributed by atoms with E-state index in [1.807, 2.05) is 13.0 Å². The Kier molecular flexibility index (Phi) is 5.44. The summed E-state index contributed by atoms with van der Waals surface area (Å²) in [5.74, 6) is 0.591. The van der Waals surface area contributed by atoms with Gasteiger partial charge in [-0.05, 0) is 44.8 Å². The van der Waals surface area contributed by atoms with E-state index in [-0.39, 0.29) is 0 Å². The van der Waals surface area contributed by atoms with Crippen molar-refractivity contribution < 1.29 is 9.47 Å². The lowest BCUT2D eigenvalue weighted by Crippen LogP contribution is -2.07. The van der Waals surface area contributed by atoms with Gasteiger partial charge in [-0.1, -0.05) is 0 Å². The Balaban J connectivity index is 2.42. The van der Waals surface area contributed by atoms with Gasteiger partial charge < -0.3 is 9.47 Å². The first kappa shape index (κ1) is 11.9. The average Bonchev–Trinajstić information content (AvgIpc) is 2.15. The quantitative estimate of drug-likeness (QED) is 0.780.